The summed E-state index contributed by atoms with van der Waals surface area (Å²) < 4.78 is 7.41. The van der Waals surface area contributed by atoms with Crippen LogP contribution >= 0.6 is 11.3 Å². The minimum atomic E-state index is 0.699. The van der Waals surface area contributed by atoms with Crippen molar-refractivity contribution in [3.8, 4) is 34.2 Å². The van der Waals surface area contributed by atoms with E-state index < -0.39 is 0 Å². The van der Waals surface area contributed by atoms with E-state index in [1.54, 1.807) is 0 Å². The molecule has 0 fully saturated rings. The topological polar surface area (TPSA) is 35.6 Å². The van der Waals surface area contributed by atoms with E-state index in [0.29, 0.717) is 5.82 Å². The Balaban J connectivity index is 1.29. The van der Waals surface area contributed by atoms with Gasteiger partial charge in [0.1, 0.15) is 5.82 Å². The lowest BCUT2D eigenvalue weighted by atomic mass is 10.1. The van der Waals surface area contributed by atoms with Crippen LogP contribution in [0.15, 0.2) is 170 Å². The lowest BCUT2D eigenvalue weighted by molar-refractivity contribution is 1.05. The fourth-order valence-corrected chi connectivity index (χ4v) is 9.09. The summed E-state index contributed by atoms with van der Waals surface area (Å²) in [5, 5.41) is 7.49. The Kier molecular flexibility index (Phi) is 6.09. The minimum absolute atomic E-state index is 0.699. The van der Waals surface area contributed by atoms with Crippen LogP contribution in [0.4, 0.5) is 0 Å². The second-order valence-corrected chi connectivity index (χ2v) is 14.1. The number of hydrogen-bond donors (Lipinski definition) is 0. The molecule has 238 valence electrons. The molecular weight excluding hydrogens is 641 g/mol. The van der Waals surface area contributed by atoms with E-state index >= 15 is 0 Å². The van der Waals surface area contributed by atoms with E-state index in [0.717, 1.165) is 39.4 Å². The molecule has 0 saturated heterocycles. The normalized spacial score (nSPS) is 11.9. The highest BCUT2D eigenvalue weighted by Gasteiger charge is 2.22. The third-order valence-electron chi connectivity index (χ3n) is 10.1. The predicted molar refractivity (Wildman–Crippen MR) is 214 cm³/mol. The number of para-hydroxylation sites is 2. The van der Waals surface area contributed by atoms with Crippen LogP contribution in [0.1, 0.15) is 0 Å². The molecule has 11 aromatic rings. The van der Waals surface area contributed by atoms with Gasteiger partial charge in [0.2, 0.25) is 0 Å². The molecule has 0 aliphatic heterocycles. The molecular formula is C46H28N4S. The molecule has 5 heteroatoms. The maximum atomic E-state index is 5.29. The second kappa shape index (κ2) is 11.0. The molecule has 0 amide bonds. The number of aromatic nitrogens is 4. The Hall–Kier alpha value is -6.56. The molecule has 51 heavy (non-hydrogen) atoms. The highest BCUT2D eigenvalue weighted by atomic mass is 32.1. The number of thiophene rings is 1. The van der Waals surface area contributed by atoms with Crippen molar-refractivity contribution in [1.29, 1.82) is 0 Å². The van der Waals surface area contributed by atoms with Crippen molar-refractivity contribution in [2.75, 3.05) is 0 Å². The molecule has 0 spiro atoms. The zero-order valence-corrected chi connectivity index (χ0v) is 28.2. The van der Waals surface area contributed by atoms with Gasteiger partial charge in [0.25, 0.3) is 0 Å². The van der Waals surface area contributed by atoms with Gasteiger partial charge in [0, 0.05) is 59.9 Å². The van der Waals surface area contributed by atoms with Crippen LogP contribution in [0.3, 0.4) is 0 Å². The average Bonchev–Trinajstić information content (AvgIpc) is 3.85. The first kappa shape index (κ1) is 28.3. The maximum absolute atomic E-state index is 5.29. The van der Waals surface area contributed by atoms with E-state index in [9.17, 15) is 0 Å². The zero-order chi connectivity index (χ0) is 33.5. The SMILES string of the molecule is c1ccc(-c2cc(-n3c4ccccc4c4cc5c6ccc7c8ccccc8sc7c6n(-c6ccccc6)c5cc43)nc(-c3ccccc3)n2)cc1. The molecule has 4 aromatic heterocycles. The van der Waals surface area contributed by atoms with Crippen molar-refractivity contribution >= 4 is 75.1 Å². The number of rotatable bonds is 4. The molecule has 11 rings (SSSR count). The molecule has 0 atom stereocenters. The number of nitrogens with zero attached hydrogens (tertiary/aromatic N) is 4. The molecule has 0 aliphatic carbocycles. The standard InChI is InChI=1S/C46H28N4S/c1-4-14-29(15-5-1)38-27-43(48-46(47-38)30-16-6-2-7-17-30)50-39-22-12-10-20-32(39)36-26-37-34-24-25-35-33-21-11-13-23-42(33)51-45(35)44(34)49(40(37)28-41(36)50)31-18-8-3-9-19-31/h1-28H. The van der Waals surface area contributed by atoms with E-state index in [4.69, 9.17) is 9.97 Å². The molecule has 4 nitrogen and oxygen atoms in total. The van der Waals surface area contributed by atoms with Crippen molar-refractivity contribution in [1.82, 2.24) is 19.1 Å². The predicted octanol–water partition coefficient (Wildman–Crippen LogP) is 12.4. The summed E-state index contributed by atoms with van der Waals surface area (Å²) in [5.74, 6) is 1.53. The summed E-state index contributed by atoms with van der Waals surface area (Å²) in [4.78, 5) is 10.4. The van der Waals surface area contributed by atoms with Crippen molar-refractivity contribution in [2.24, 2.45) is 0 Å². The smallest absolute Gasteiger partial charge is 0.162 e. The van der Waals surface area contributed by atoms with Crippen LogP contribution in [0, 0.1) is 0 Å². The Labute approximate surface area is 297 Å². The minimum Gasteiger partial charge on any atom is -0.308 e. The van der Waals surface area contributed by atoms with Crippen molar-refractivity contribution in [3.63, 3.8) is 0 Å². The first-order valence-corrected chi connectivity index (χ1v) is 18.0. The Morgan fingerprint density at radius 2 is 1.04 bits per heavy atom. The van der Waals surface area contributed by atoms with E-state index in [-0.39, 0.29) is 0 Å². The molecule has 0 unspecified atom stereocenters. The lowest BCUT2D eigenvalue weighted by Gasteiger charge is -2.12. The zero-order valence-electron chi connectivity index (χ0n) is 27.4. The van der Waals surface area contributed by atoms with Gasteiger partial charge in [0.05, 0.1) is 32.5 Å². The molecule has 0 bridgehead atoms. The molecule has 7 aromatic carbocycles. The van der Waals surface area contributed by atoms with Gasteiger partial charge in [-0.05, 0) is 36.4 Å². The van der Waals surface area contributed by atoms with E-state index in [2.05, 4.69) is 155 Å². The van der Waals surface area contributed by atoms with Crippen molar-refractivity contribution < 1.29 is 0 Å². The van der Waals surface area contributed by atoms with Gasteiger partial charge in [0.15, 0.2) is 5.82 Å². The molecule has 0 N–H and O–H groups in total. The Bertz CT molecular complexity index is 3060. The lowest BCUT2D eigenvalue weighted by Crippen LogP contribution is -2.02. The summed E-state index contributed by atoms with van der Waals surface area (Å²) in [5.41, 5.74) is 8.69. The van der Waals surface area contributed by atoms with Crippen LogP contribution in [-0.4, -0.2) is 19.1 Å². The summed E-state index contributed by atoms with van der Waals surface area (Å²) in [6, 6.07) is 60.5. The molecule has 0 saturated carbocycles. The van der Waals surface area contributed by atoms with Crippen LogP contribution in [0.5, 0.6) is 0 Å². The summed E-state index contributed by atoms with van der Waals surface area (Å²) in [7, 11) is 0. The Morgan fingerprint density at radius 3 is 1.84 bits per heavy atom. The van der Waals surface area contributed by atoms with E-state index in [1.807, 2.05) is 35.6 Å². The van der Waals surface area contributed by atoms with Gasteiger partial charge in [-0.25, -0.2) is 9.97 Å². The summed E-state index contributed by atoms with van der Waals surface area (Å²) in [6.07, 6.45) is 0. The molecule has 4 heterocycles. The fourth-order valence-electron chi connectivity index (χ4n) is 7.85. The van der Waals surface area contributed by atoms with Crippen LogP contribution < -0.4 is 0 Å². The molecule has 0 aliphatic rings. The number of hydrogen-bond acceptors (Lipinski definition) is 3. The first-order chi connectivity index (χ1) is 25.3. The quantitative estimate of drug-likeness (QED) is 0.187. The van der Waals surface area contributed by atoms with Crippen molar-refractivity contribution in [3.05, 3.63) is 170 Å². The average molecular weight is 669 g/mol. The highest BCUT2D eigenvalue weighted by Crippen LogP contribution is 2.45. The largest absolute Gasteiger partial charge is 0.308 e. The van der Waals surface area contributed by atoms with Gasteiger partial charge >= 0.3 is 0 Å². The maximum Gasteiger partial charge on any atom is 0.162 e. The molecule has 0 radical (unpaired) electrons. The van der Waals surface area contributed by atoms with Crippen molar-refractivity contribution in [2.45, 2.75) is 0 Å². The fraction of sp³-hybridized carbons (Fsp3) is 0. The first-order valence-electron chi connectivity index (χ1n) is 17.2. The second-order valence-electron chi connectivity index (χ2n) is 13.0. The summed E-state index contributed by atoms with van der Waals surface area (Å²) >= 11 is 1.88. The number of benzene rings is 7. The van der Waals surface area contributed by atoms with Crippen LogP contribution in [-0.2, 0) is 0 Å². The third kappa shape index (κ3) is 4.25. The third-order valence-corrected chi connectivity index (χ3v) is 11.3. The van der Waals surface area contributed by atoms with Gasteiger partial charge in [-0.2, -0.15) is 0 Å². The highest BCUT2D eigenvalue weighted by molar-refractivity contribution is 7.26. The Morgan fingerprint density at radius 1 is 0.412 bits per heavy atom. The number of fused-ring (bicyclic) bond motifs is 10. The van der Waals surface area contributed by atoms with Crippen LogP contribution in [0.25, 0.3) is 97.9 Å². The van der Waals surface area contributed by atoms with Gasteiger partial charge in [-0.1, -0.05) is 127 Å². The van der Waals surface area contributed by atoms with E-state index in [1.165, 1.54) is 52.8 Å². The van der Waals surface area contributed by atoms with Gasteiger partial charge in [-0.3, -0.25) is 4.57 Å². The monoisotopic (exact) mass is 668 g/mol. The summed E-state index contributed by atoms with van der Waals surface area (Å²) in [6.45, 7) is 0. The van der Waals surface area contributed by atoms with Gasteiger partial charge in [-0.15, -0.1) is 11.3 Å². The van der Waals surface area contributed by atoms with Gasteiger partial charge < -0.3 is 4.57 Å². The van der Waals surface area contributed by atoms with Crippen LogP contribution in [0.2, 0.25) is 0 Å².